The summed E-state index contributed by atoms with van der Waals surface area (Å²) in [6, 6.07) is 1.92. The van der Waals surface area contributed by atoms with Gasteiger partial charge < -0.3 is 5.32 Å². The van der Waals surface area contributed by atoms with Crippen molar-refractivity contribution >= 4 is 0 Å². The minimum absolute atomic E-state index is 0.121. The number of hydrogen-bond acceptors (Lipinski definition) is 2. The molecule has 100 valence electrons. The molecule has 1 unspecified atom stereocenters. The zero-order valence-corrected chi connectivity index (χ0v) is 11.2. The number of nitrogens with one attached hydrogen (secondary N) is 1. The maximum Gasteiger partial charge on any atom is 0.146 e. The van der Waals surface area contributed by atoms with E-state index in [-0.39, 0.29) is 11.9 Å². The number of hydrogen-bond donors (Lipinski definition) is 1. The molecule has 0 bridgehead atoms. The number of aromatic nitrogens is 1. The van der Waals surface area contributed by atoms with Gasteiger partial charge in [0.1, 0.15) is 5.82 Å². The molecule has 1 atom stereocenters. The maximum atomic E-state index is 13.8. The van der Waals surface area contributed by atoms with Crippen LogP contribution in [0.25, 0.3) is 0 Å². The number of pyridine rings is 1. The Labute approximate surface area is 109 Å². The highest BCUT2D eigenvalue weighted by atomic mass is 19.1. The van der Waals surface area contributed by atoms with Gasteiger partial charge in [0.05, 0.1) is 6.20 Å². The van der Waals surface area contributed by atoms with Crippen LogP contribution >= 0.6 is 0 Å². The van der Waals surface area contributed by atoms with Crippen LogP contribution in [0.4, 0.5) is 4.39 Å². The number of halogens is 1. The largest absolute Gasteiger partial charge is 0.313 e. The normalized spacial score (nSPS) is 19.4. The van der Waals surface area contributed by atoms with Crippen molar-refractivity contribution in [2.75, 3.05) is 7.05 Å². The third-order valence-electron chi connectivity index (χ3n) is 4.07. The van der Waals surface area contributed by atoms with Gasteiger partial charge in [0.25, 0.3) is 0 Å². The van der Waals surface area contributed by atoms with E-state index in [0.29, 0.717) is 0 Å². The summed E-state index contributed by atoms with van der Waals surface area (Å²) >= 11 is 0. The van der Waals surface area contributed by atoms with Crippen LogP contribution in [0, 0.1) is 11.7 Å². The lowest BCUT2D eigenvalue weighted by Crippen LogP contribution is -2.21. The van der Waals surface area contributed by atoms with Crippen LogP contribution in [0.3, 0.4) is 0 Å². The molecule has 1 aromatic heterocycles. The van der Waals surface area contributed by atoms with Crippen LogP contribution in [-0.4, -0.2) is 12.0 Å². The van der Waals surface area contributed by atoms with Crippen LogP contribution in [-0.2, 0) is 0 Å². The van der Waals surface area contributed by atoms with Gasteiger partial charge in [-0.2, -0.15) is 0 Å². The minimum Gasteiger partial charge on any atom is -0.313 e. The highest BCUT2D eigenvalue weighted by Crippen LogP contribution is 2.31. The minimum atomic E-state index is -0.189. The molecule has 1 aliphatic rings. The molecule has 1 heterocycles. The summed E-state index contributed by atoms with van der Waals surface area (Å²) < 4.78 is 13.8. The highest BCUT2D eigenvalue weighted by Gasteiger charge is 2.20. The summed E-state index contributed by atoms with van der Waals surface area (Å²) in [5, 5.41) is 3.26. The molecule has 1 saturated carbocycles. The van der Waals surface area contributed by atoms with E-state index in [1.54, 1.807) is 12.3 Å². The molecule has 18 heavy (non-hydrogen) atoms. The van der Waals surface area contributed by atoms with E-state index in [1.807, 2.05) is 7.05 Å². The number of nitrogens with zero attached hydrogens (tertiary/aromatic N) is 1. The lowest BCUT2D eigenvalue weighted by atomic mass is 9.90. The van der Waals surface area contributed by atoms with Crippen LogP contribution < -0.4 is 5.32 Å². The van der Waals surface area contributed by atoms with Crippen molar-refractivity contribution in [2.45, 2.75) is 51.0 Å². The Bertz CT molecular complexity index is 359. The summed E-state index contributed by atoms with van der Waals surface area (Å²) in [6.45, 7) is 0. The fraction of sp³-hybridized carbons (Fsp3) is 0.667. The Balaban J connectivity index is 2.02. The molecule has 3 heteroatoms. The first-order chi connectivity index (χ1) is 8.81. The Hall–Kier alpha value is -0.960. The fourth-order valence-electron chi connectivity index (χ4n) is 3.00. The van der Waals surface area contributed by atoms with Crippen LogP contribution in [0.5, 0.6) is 0 Å². The molecular weight excluding hydrogens is 227 g/mol. The van der Waals surface area contributed by atoms with Gasteiger partial charge >= 0.3 is 0 Å². The first kappa shape index (κ1) is 13.5. The lowest BCUT2D eigenvalue weighted by Gasteiger charge is -2.22. The van der Waals surface area contributed by atoms with Gasteiger partial charge in [-0.1, -0.05) is 38.5 Å². The highest BCUT2D eigenvalue weighted by molar-refractivity contribution is 5.17. The quantitative estimate of drug-likeness (QED) is 0.821. The zero-order valence-electron chi connectivity index (χ0n) is 11.2. The molecule has 0 saturated heterocycles. The van der Waals surface area contributed by atoms with Gasteiger partial charge in [-0.25, -0.2) is 4.39 Å². The van der Waals surface area contributed by atoms with Crippen molar-refractivity contribution in [3.8, 4) is 0 Å². The van der Waals surface area contributed by atoms with E-state index < -0.39 is 0 Å². The monoisotopic (exact) mass is 250 g/mol. The van der Waals surface area contributed by atoms with Crippen molar-refractivity contribution in [3.05, 3.63) is 29.8 Å². The molecule has 1 aliphatic carbocycles. The average Bonchev–Trinajstić information content (AvgIpc) is 2.65. The SMILES string of the molecule is CNC(CC1CCCCCC1)c1ccncc1F. The molecule has 1 N–H and O–H groups in total. The zero-order chi connectivity index (χ0) is 12.8. The molecule has 1 fully saturated rings. The molecule has 2 nitrogen and oxygen atoms in total. The Kier molecular flexibility index (Phi) is 5.12. The Morgan fingerprint density at radius 2 is 2.06 bits per heavy atom. The van der Waals surface area contributed by atoms with Crippen molar-refractivity contribution in [1.29, 1.82) is 0 Å². The summed E-state index contributed by atoms with van der Waals surface area (Å²) in [5.41, 5.74) is 0.761. The van der Waals surface area contributed by atoms with Crippen LogP contribution in [0.2, 0.25) is 0 Å². The lowest BCUT2D eigenvalue weighted by molar-refractivity contribution is 0.361. The molecule has 0 amide bonds. The molecule has 0 radical (unpaired) electrons. The smallest absolute Gasteiger partial charge is 0.146 e. The standard InChI is InChI=1S/C15H23FN2/c1-17-15(13-8-9-18-11-14(13)16)10-12-6-4-2-3-5-7-12/h8-9,11-12,15,17H,2-7,10H2,1H3. The second-order valence-corrected chi connectivity index (χ2v) is 5.33. The predicted molar refractivity (Wildman–Crippen MR) is 71.8 cm³/mol. The summed E-state index contributed by atoms with van der Waals surface area (Å²) in [4.78, 5) is 3.82. The van der Waals surface area contributed by atoms with Crippen molar-refractivity contribution in [3.63, 3.8) is 0 Å². The molecule has 0 aliphatic heterocycles. The third-order valence-corrected chi connectivity index (χ3v) is 4.07. The molecule has 0 spiro atoms. The molecule has 0 aromatic carbocycles. The van der Waals surface area contributed by atoms with E-state index in [1.165, 1.54) is 44.7 Å². The van der Waals surface area contributed by atoms with Gasteiger partial charge in [0.2, 0.25) is 0 Å². The second kappa shape index (κ2) is 6.83. The van der Waals surface area contributed by atoms with Crippen LogP contribution in [0.15, 0.2) is 18.5 Å². The average molecular weight is 250 g/mol. The molecule has 1 aromatic rings. The summed E-state index contributed by atoms with van der Waals surface area (Å²) in [6.07, 6.45) is 12.0. The summed E-state index contributed by atoms with van der Waals surface area (Å²) in [5.74, 6) is 0.544. The third kappa shape index (κ3) is 3.52. The van der Waals surface area contributed by atoms with Crippen molar-refractivity contribution in [1.82, 2.24) is 10.3 Å². The summed E-state index contributed by atoms with van der Waals surface area (Å²) in [7, 11) is 1.92. The van der Waals surface area contributed by atoms with E-state index >= 15 is 0 Å². The molecular formula is C15H23FN2. The Morgan fingerprint density at radius 3 is 2.67 bits per heavy atom. The maximum absolute atomic E-state index is 13.8. The first-order valence-electron chi connectivity index (χ1n) is 7.08. The second-order valence-electron chi connectivity index (χ2n) is 5.33. The number of rotatable bonds is 4. The Morgan fingerprint density at radius 1 is 1.33 bits per heavy atom. The van der Waals surface area contributed by atoms with Gasteiger partial charge in [-0.15, -0.1) is 0 Å². The van der Waals surface area contributed by atoms with Gasteiger partial charge in [-0.05, 0) is 25.5 Å². The predicted octanol–water partition coefficient (Wildman–Crippen LogP) is 3.84. The van der Waals surface area contributed by atoms with Gasteiger partial charge in [0, 0.05) is 17.8 Å². The van der Waals surface area contributed by atoms with Crippen LogP contribution in [0.1, 0.15) is 56.6 Å². The van der Waals surface area contributed by atoms with E-state index in [9.17, 15) is 4.39 Å². The van der Waals surface area contributed by atoms with E-state index in [2.05, 4.69) is 10.3 Å². The van der Waals surface area contributed by atoms with E-state index in [0.717, 1.165) is 17.9 Å². The van der Waals surface area contributed by atoms with E-state index in [4.69, 9.17) is 0 Å². The topological polar surface area (TPSA) is 24.9 Å². The van der Waals surface area contributed by atoms with Crippen molar-refractivity contribution in [2.24, 2.45) is 5.92 Å². The molecule has 2 rings (SSSR count). The van der Waals surface area contributed by atoms with Crippen molar-refractivity contribution < 1.29 is 4.39 Å². The fourth-order valence-corrected chi connectivity index (χ4v) is 3.00. The van der Waals surface area contributed by atoms with Gasteiger partial charge in [0.15, 0.2) is 0 Å². The van der Waals surface area contributed by atoms with Gasteiger partial charge in [-0.3, -0.25) is 4.98 Å². The first-order valence-corrected chi connectivity index (χ1v) is 7.08.